The van der Waals surface area contributed by atoms with Gasteiger partial charge in [0.15, 0.2) is 0 Å². The number of amides is 2. The number of hydrogen-bond donors (Lipinski definition) is 3. The molecule has 3 heterocycles. The van der Waals surface area contributed by atoms with Crippen LogP contribution >= 0.6 is 11.6 Å². The molecule has 3 N–H and O–H groups in total. The zero-order valence-corrected chi connectivity index (χ0v) is 19.8. The number of carbonyl (C=O) groups excluding carboxylic acids is 1. The van der Waals surface area contributed by atoms with Crippen molar-refractivity contribution in [3.05, 3.63) is 78.0 Å². The summed E-state index contributed by atoms with van der Waals surface area (Å²) in [5.74, 6) is 0.234. The highest BCUT2D eigenvalue weighted by Gasteiger charge is 2.15. The van der Waals surface area contributed by atoms with Gasteiger partial charge in [0.25, 0.3) is 0 Å². The van der Waals surface area contributed by atoms with E-state index in [4.69, 9.17) is 21.1 Å². The number of nitrogens with one attached hydrogen (secondary N) is 3. The quantitative estimate of drug-likeness (QED) is 0.316. The van der Waals surface area contributed by atoms with Gasteiger partial charge in [-0.05, 0) is 36.4 Å². The topological polar surface area (TPSA) is 104 Å². The van der Waals surface area contributed by atoms with E-state index in [0.29, 0.717) is 41.1 Å². The highest BCUT2D eigenvalue weighted by atomic mass is 35.5. The molecule has 0 atom stereocenters. The van der Waals surface area contributed by atoms with E-state index in [1.165, 1.54) is 18.2 Å². The number of carbonyl (C=O) groups is 1. The van der Waals surface area contributed by atoms with Crippen molar-refractivity contribution in [2.75, 3.05) is 41.8 Å². The highest BCUT2D eigenvalue weighted by Crippen LogP contribution is 2.29. The third kappa shape index (κ3) is 5.73. The molecular formula is C25H22ClFN6O3. The monoisotopic (exact) mass is 508 g/mol. The Hall–Kier alpha value is -4.15. The lowest BCUT2D eigenvalue weighted by Gasteiger charge is -2.29. The molecule has 5 rings (SSSR count). The maximum atomic E-state index is 14.5. The Morgan fingerprint density at radius 1 is 1.08 bits per heavy atom. The van der Waals surface area contributed by atoms with Crippen LogP contribution in [0.25, 0.3) is 11.3 Å². The molecule has 1 fully saturated rings. The number of rotatable bonds is 6. The molecule has 184 valence electrons. The summed E-state index contributed by atoms with van der Waals surface area (Å²) >= 11 is 6.26. The van der Waals surface area contributed by atoms with Crippen LogP contribution in [0.5, 0.6) is 11.5 Å². The number of pyridine rings is 1. The van der Waals surface area contributed by atoms with E-state index in [9.17, 15) is 9.18 Å². The fraction of sp³-hybridized carbons (Fsp3) is 0.160. The summed E-state index contributed by atoms with van der Waals surface area (Å²) in [7, 11) is 0. The molecule has 0 aliphatic carbocycles. The predicted molar refractivity (Wildman–Crippen MR) is 135 cm³/mol. The van der Waals surface area contributed by atoms with E-state index in [0.717, 1.165) is 24.3 Å². The number of urea groups is 1. The summed E-state index contributed by atoms with van der Waals surface area (Å²) in [6, 6.07) is 12.2. The van der Waals surface area contributed by atoms with Crippen LogP contribution < -0.4 is 20.3 Å². The van der Waals surface area contributed by atoms with E-state index in [1.54, 1.807) is 36.8 Å². The van der Waals surface area contributed by atoms with Gasteiger partial charge in [0, 0.05) is 59.6 Å². The molecule has 1 saturated heterocycles. The normalized spacial score (nSPS) is 13.3. The van der Waals surface area contributed by atoms with Crippen molar-refractivity contribution in [1.29, 1.82) is 0 Å². The minimum absolute atomic E-state index is 0.0375. The Bertz CT molecular complexity index is 1360. The minimum Gasteiger partial charge on any atom is -0.457 e. The van der Waals surface area contributed by atoms with Crippen molar-refractivity contribution in [2.45, 2.75) is 0 Å². The molecule has 0 saturated carbocycles. The number of ether oxygens (including phenoxy) is 2. The number of nitrogens with zero attached hydrogens (tertiary/aromatic N) is 3. The Morgan fingerprint density at radius 2 is 1.92 bits per heavy atom. The highest BCUT2D eigenvalue weighted by molar-refractivity contribution is 6.31. The number of benzene rings is 2. The average Bonchev–Trinajstić information content (AvgIpc) is 3.42. The van der Waals surface area contributed by atoms with Gasteiger partial charge in [-0.1, -0.05) is 11.6 Å². The molecule has 4 aromatic rings. The predicted octanol–water partition coefficient (Wildman–Crippen LogP) is 5.54. The lowest BCUT2D eigenvalue weighted by molar-refractivity contribution is 0.122. The van der Waals surface area contributed by atoms with Gasteiger partial charge >= 0.3 is 6.03 Å². The van der Waals surface area contributed by atoms with Crippen molar-refractivity contribution in [1.82, 2.24) is 15.2 Å². The number of aromatic nitrogens is 3. The summed E-state index contributed by atoms with van der Waals surface area (Å²) < 4.78 is 25.7. The van der Waals surface area contributed by atoms with E-state index in [1.807, 2.05) is 12.1 Å². The molecule has 2 amide bonds. The molecule has 0 radical (unpaired) electrons. The smallest absolute Gasteiger partial charge is 0.323 e. The van der Waals surface area contributed by atoms with E-state index >= 15 is 0 Å². The van der Waals surface area contributed by atoms with Crippen molar-refractivity contribution in [3.8, 4) is 22.8 Å². The van der Waals surface area contributed by atoms with Crippen LogP contribution in [0.4, 0.5) is 26.2 Å². The van der Waals surface area contributed by atoms with E-state index in [-0.39, 0.29) is 5.69 Å². The summed E-state index contributed by atoms with van der Waals surface area (Å²) in [6.45, 7) is 2.70. The molecule has 2 aromatic heterocycles. The lowest BCUT2D eigenvalue weighted by Crippen LogP contribution is -2.36. The van der Waals surface area contributed by atoms with Crippen molar-refractivity contribution >= 4 is 34.7 Å². The second-order valence-corrected chi connectivity index (χ2v) is 8.42. The van der Waals surface area contributed by atoms with Gasteiger partial charge in [0.1, 0.15) is 17.3 Å². The van der Waals surface area contributed by atoms with Gasteiger partial charge in [-0.25, -0.2) is 9.18 Å². The fourth-order valence-electron chi connectivity index (χ4n) is 3.76. The minimum atomic E-state index is -0.618. The largest absolute Gasteiger partial charge is 0.457 e. The van der Waals surface area contributed by atoms with E-state index < -0.39 is 11.8 Å². The van der Waals surface area contributed by atoms with Crippen molar-refractivity contribution in [3.63, 3.8) is 0 Å². The van der Waals surface area contributed by atoms with Gasteiger partial charge in [0.2, 0.25) is 0 Å². The second-order valence-electron chi connectivity index (χ2n) is 7.98. The van der Waals surface area contributed by atoms with E-state index in [2.05, 4.69) is 30.7 Å². The molecule has 1 aliphatic heterocycles. The first-order valence-electron chi connectivity index (χ1n) is 11.2. The van der Waals surface area contributed by atoms with Crippen LogP contribution in [-0.4, -0.2) is 47.5 Å². The molecule has 0 spiro atoms. The number of hydrogen-bond acceptors (Lipinski definition) is 6. The first kappa shape index (κ1) is 23.6. The zero-order valence-electron chi connectivity index (χ0n) is 19.0. The van der Waals surface area contributed by atoms with Gasteiger partial charge in [0.05, 0.1) is 30.8 Å². The first-order chi connectivity index (χ1) is 17.5. The molecule has 2 aromatic carbocycles. The average molecular weight is 509 g/mol. The Balaban J connectivity index is 1.27. The van der Waals surface area contributed by atoms with Crippen LogP contribution in [0.15, 0.2) is 67.1 Å². The van der Waals surface area contributed by atoms with Crippen LogP contribution in [0.2, 0.25) is 5.02 Å². The number of H-pyrrole nitrogens is 1. The molecule has 36 heavy (non-hydrogen) atoms. The Labute approximate surface area is 211 Å². The Kier molecular flexibility index (Phi) is 6.96. The fourth-order valence-corrected chi connectivity index (χ4v) is 3.99. The number of aromatic amines is 1. The molecule has 9 nitrogen and oxygen atoms in total. The standard InChI is InChI=1S/C25H22ClFN6O3/c26-17-9-18(11-19(10-17)33-5-7-35-8-6-33)31-25(34)32-24-13-20(1-2-22(24)27)36-21-3-4-28-23(12-21)16-14-29-30-15-16/h1-4,9-15H,5-8H2,(H,29,30)(H2,31,32,34). The molecule has 0 bridgehead atoms. The van der Waals surface area contributed by atoms with Crippen LogP contribution in [0.3, 0.4) is 0 Å². The van der Waals surface area contributed by atoms with Crippen molar-refractivity contribution in [2.24, 2.45) is 0 Å². The SMILES string of the molecule is O=C(Nc1cc(Cl)cc(N2CCOCC2)c1)Nc1cc(Oc2ccnc(-c3cn[nH]c3)c2)ccc1F. The maximum Gasteiger partial charge on any atom is 0.323 e. The summed E-state index contributed by atoms with van der Waals surface area (Å²) in [5.41, 5.74) is 2.78. The maximum absolute atomic E-state index is 14.5. The third-order valence-electron chi connectivity index (χ3n) is 5.46. The summed E-state index contributed by atoms with van der Waals surface area (Å²) in [4.78, 5) is 19.1. The Morgan fingerprint density at radius 3 is 2.72 bits per heavy atom. The van der Waals surface area contributed by atoms with Crippen molar-refractivity contribution < 1.29 is 18.7 Å². The van der Waals surface area contributed by atoms with Gasteiger partial charge < -0.3 is 25.0 Å². The molecule has 0 unspecified atom stereocenters. The van der Waals surface area contributed by atoms with Gasteiger partial charge in [-0.2, -0.15) is 5.10 Å². The number of halogens is 2. The second kappa shape index (κ2) is 10.6. The summed E-state index contributed by atoms with van der Waals surface area (Å²) in [5, 5.41) is 12.4. The van der Waals surface area contributed by atoms with Gasteiger partial charge in [-0.3, -0.25) is 10.1 Å². The number of anilines is 3. The van der Waals surface area contributed by atoms with Crippen LogP contribution in [-0.2, 0) is 4.74 Å². The first-order valence-corrected chi connectivity index (χ1v) is 11.6. The molecule has 11 heteroatoms. The lowest BCUT2D eigenvalue weighted by atomic mass is 10.2. The number of morpholine rings is 1. The zero-order chi connectivity index (χ0) is 24.9. The third-order valence-corrected chi connectivity index (χ3v) is 5.68. The van der Waals surface area contributed by atoms with Gasteiger partial charge in [-0.15, -0.1) is 0 Å². The molecular weight excluding hydrogens is 487 g/mol. The van der Waals surface area contributed by atoms with Crippen LogP contribution in [0, 0.1) is 5.82 Å². The summed E-state index contributed by atoms with van der Waals surface area (Å²) in [6.07, 6.45) is 4.97. The molecule has 1 aliphatic rings. The van der Waals surface area contributed by atoms with Crippen LogP contribution in [0.1, 0.15) is 0 Å².